The highest BCUT2D eigenvalue weighted by Crippen LogP contribution is 2.33. The van der Waals surface area contributed by atoms with Crippen LogP contribution in [0.5, 0.6) is 11.5 Å². The van der Waals surface area contributed by atoms with Crippen LogP contribution >= 0.6 is 0 Å². The molecule has 0 aliphatic carbocycles. The number of benzene rings is 2. The van der Waals surface area contributed by atoms with Crippen LogP contribution in [0.4, 0.5) is 11.4 Å². The van der Waals surface area contributed by atoms with Gasteiger partial charge in [0.15, 0.2) is 24.8 Å². The molecule has 2 aliphatic rings. The highest BCUT2D eigenvalue weighted by atomic mass is 32.2. The van der Waals surface area contributed by atoms with Crippen molar-refractivity contribution in [3.05, 3.63) is 108 Å². The molecule has 0 radical (unpaired) electrons. The Labute approximate surface area is 282 Å². The zero-order valence-corrected chi connectivity index (χ0v) is 28.8. The Hall–Kier alpha value is -4.76. The summed E-state index contributed by atoms with van der Waals surface area (Å²) in [5.74, 6) is 1.94. The van der Waals surface area contributed by atoms with E-state index in [1.54, 1.807) is 0 Å². The fourth-order valence-electron chi connectivity index (χ4n) is 4.36. The highest BCUT2D eigenvalue weighted by molar-refractivity contribution is 7.85. The second-order valence-electron chi connectivity index (χ2n) is 10.7. The molecule has 2 aliphatic heterocycles. The number of anilines is 2. The number of pyridine rings is 2. The van der Waals surface area contributed by atoms with Gasteiger partial charge in [-0.1, -0.05) is 36.4 Å². The molecule has 6 rings (SSSR count). The van der Waals surface area contributed by atoms with Gasteiger partial charge >= 0.3 is 0 Å². The van der Waals surface area contributed by atoms with E-state index in [0.717, 1.165) is 60.3 Å². The van der Waals surface area contributed by atoms with Crippen molar-refractivity contribution in [3.63, 3.8) is 0 Å². The molecule has 4 heterocycles. The number of fused-ring (bicyclic) bond motifs is 2. The van der Waals surface area contributed by atoms with E-state index in [0.29, 0.717) is 12.5 Å². The average molecular weight is 697 g/mol. The normalized spacial score (nSPS) is 13.7. The first-order valence-corrected chi connectivity index (χ1v) is 18.3. The van der Waals surface area contributed by atoms with Gasteiger partial charge in [-0.3, -0.25) is 0 Å². The molecule has 2 N–H and O–H groups in total. The molecule has 12 nitrogen and oxygen atoms in total. The Balaban J connectivity index is 0.000000204. The van der Waals surface area contributed by atoms with Crippen molar-refractivity contribution in [1.82, 2.24) is 0 Å². The molecule has 0 bridgehead atoms. The topological polar surface area (TPSA) is 168 Å². The molecule has 0 unspecified atom stereocenters. The number of nitrogens with one attached hydrogen (secondary N) is 2. The Morgan fingerprint density at radius 1 is 0.583 bits per heavy atom. The van der Waals surface area contributed by atoms with Gasteiger partial charge in [0.1, 0.15) is 24.7 Å². The first-order chi connectivity index (χ1) is 22.7. The molecule has 2 aromatic heterocycles. The number of nitrogens with zero attached hydrogens (tertiary/aromatic N) is 2. The van der Waals surface area contributed by atoms with E-state index >= 15 is 0 Å². The molecule has 0 spiro atoms. The van der Waals surface area contributed by atoms with Gasteiger partial charge < -0.3 is 28.4 Å². The molecule has 48 heavy (non-hydrogen) atoms. The van der Waals surface area contributed by atoms with Crippen molar-refractivity contribution >= 4 is 55.9 Å². The summed E-state index contributed by atoms with van der Waals surface area (Å²) >= 11 is 0. The summed E-state index contributed by atoms with van der Waals surface area (Å²) in [7, 11) is -3.64. The number of aromatic amines is 2. The van der Waals surface area contributed by atoms with Crippen LogP contribution in [0.1, 0.15) is 22.3 Å². The molecule has 0 saturated carbocycles. The first-order valence-electron chi connectivity index (χ1n) is 14.7. The number of likely N-dealkylation sites (N-methyl/N-ethyl adjacent to an activating group) is 2. The van der Waals surface area contributed by atoms with E-state index in [1.807, 2.05) is 49.1 Å². The maximum Gasteiger partial charge on any atom is 0.167 e. The molecular formula is C34H40N4O8S2. The van der Waals surface area contributed by atoms with E-state index < -0.39 is 20.2 Å². The molecule has 256 valence electrons. The smallest absolute Gasteiger partial charge is 0.167 e. The Kier molecular flexibility index (Phi) is 14.1. The average Bonchev–Trinajstić information content (AvgIpc) is 3.03. The third-order valence-corrected chi connectivity index (χ3v) is 6.58. The quantitative estimate of drug-likeness (QED) is 0.289. The fraction of sp³-hybridized carbons (Fsp3) is 0.235. The lowest BCUT2D eigenvalue weighted by molar-refractivity contribution is -0.378. The minimum Gasteiger partial charge on any atom is -0.748 e. The molecule has 4 aromatic rings. The van der Waals surface area contributed by atoms with Gasteiger partial charge in [0.05, 0.1) is 44.7 Å². The van der Waals surface area contributed by atoms with Gasteiger partial charge in [0, 0.05) is 50.9 Å². The molecular weight excluding hydrogens is 657 g/mol. The van der Waals surface area contributed by atoms with Crippen LogP contribution in [-0.2, 0) is 20.2 Å². The van der Waals surface area contributed by atoms with Crippen LogP contribution in [0, 0.1) is 0 Å². The predicted octanol–water partition coefficient (Wildman–Crippen LogP) is 3.32. The zero-order valence-electron chi connectivity index (χ0n) is 27.2. The summed E-state index contributed by atoms with van der Waals surface area (Å²) in [4.78, 5) is 10.5. The molecule has 14 heteroatoms. The lowest BCUT2D eigenvalue weighted by Crippen LogP contribution is -2.28. The third kappa shape index (κ3) is 14.8. The van der Waals surface area contributed by atoms with Crippen molar-refractivity contribution in [2.24, 2.45) is 0 Å². The minimum absolute atomic E-state index is 0.604. The Morgan fingerprint density at radius 3 is 1.23 bits per heavy atom. The van der Waals surface area contributed by atoms with Crippen molar-refractivity contribution in [2.75, 3.05) is 62.7 Å². The Morgan fingerprint density at radius 2 is 0.896 bits per heavy atom. The molecule has 0 saturated heterocycles. The monoisotopic (exact) mass is 696 g/mol. The largest absolute Gasteiger partial charge is 0.748 e. The summed E-state index contributed by atoms with van der Waals surface area (Å²) in [5.41, 5.74) is 6.99. The van der Waals surface area contributed by atoms with E-state index in [9.17, 15) is 0 Å². The molecule has 2 aromatic carbocycles. The second-order valence-corrected chi connectivity index (χ2v) is 13.6. The van der Waals surface area contributed by atoms with Gasteiger partial charge in [-0.15, -0.1) is 0 Å². The third-order valence-electron chi connectivity index (χ3n) is 6.58. The number of ether oxygens (including phenoxy) is 2. The predicted molar refractivity (Wildman–Crippen MR) is 186 cm³/mol. The SMILES string of the molecule is CN1CCOc2cc(/C=C/c3cc[nH+]cc3)ccc21.CN1CCOc2cc(/C=C/c3cc[nH+]cc3)ccc21.CS(=O)(=O)[O-].CS(=O)(=O)[O-]. The second kappa shape index (κ2) is 18.0. The van der Waals surface area contributed by atoms with E-state index in [1.165, 1.54) is 11.1 Å². The van der Waals surface area contributed by atoms with Crippen molar-refractivity contribution in [2.45, 2.75) is 0 Å². The van der Waals surface area contributed by atoms with E-state index in [2.05, 4.69) is 94.6 Å². The minimum atomic E-state index is -3.92. The summed E-state index contributed by atoms with van der Waals surface area (Å²) in [6.07, 6.45) is 17.3. The first kappa shape index (κ1) is 37.7. The van der Waals surface area contributed by atoms with Gasteiger partial charge in [-0.25, -0.2) is 26.8 Å². The number of hydrogen-bond donors (Lipinski definition) is 0. The molecule has 0 amide bonds. The highest BCUT2D eigenvalue weighted by Gasteiger charge is 2.15. The summed E-state index contributed by atoms with van der Waals surface area (Å²) in [6.45, 7) is 3.40. The van der Waals surface area contributed by atoms with Crippen LogP contribution in [0.2, 0.25) is 0 Å². The maximum atomic E-state index is 9.08. The van der Waals surface area contributed by atoms with Gasteiger partial charge in [0.2, 0.25) is 0 Å². The van der Waals surface area contributed by atoms with Crippen LogP contribution in [0.3, 0.4) is 0 Å². The number of aromatic nitrogens is 2. The standard InChI is InChI=1S/2C16H16N2O.2CH4O3S/c2*1-18-10-11-19-16-12-14(4-5-15(16)18)3-2-13-6-8-17-9-7-13;2*1-5(2,3)4/h2*2-9,12H,10-11H2,1H3;2*1H3,(H,2,3,4)/b2*3-2+;;. The van der Waals surface area contributed by atoms with Gasteiger partial charge in [-0.2, -0.15) is 0 Å². The summed E-state index contributed by atoms with van der Waals surface area (Å²) < 4.78 is 65.9. The number of H-pyrrole nitrogens is 2. The molecule has 0 atom stereocenters. The van der Waals surface area contributed by atoms with Crippen LogP contribution < -0.4 is 29.2 Å². The van der Waals surface area contributed by atoms with E-state index in [-0.39, 0.29) is 0 Å². The number of hydrogen-bond acceptors (Lipinski definition) is 10. The lowest BCUT2D eigenvalue weighted by Gasteiger charge is -2.27. The van der Waals surface area contributed by atoms with Crippen LogP contribution in [0.15, 0.2) is 85.5 Å². The van der Waals surface area contributed by atoms with E-state index in [4.69, 9.17) is 35.4 Å². The molecule has 0 fully saturated rings. The number of rotatable bonds is 4. The maximum absolute atomic E-state index is 9.08. The van der Waals surface area contributed by atoms with Crippen molar-refractivity contribution in [1.29, 1.82) is 0 Å². The fourth-order valence-corrected chi connectivity index (χ4v) is 4.36. The van der Waals surface area contributed by atoms with Gasteiger partial charge in [-0.05, 0) is 46.5 Å². The van der Waals surface area contributed by atoms with Crippen molar-refractivity contribution < 1.29 is 45.4 Å². The van der Waals surface area contributed by atoms with Crippen LogP contribution in [0.25, 0.3) is 24.3 Å². The lowest BCUT2D eigenvalue weighted by atomic mass is 10.1. The van der Waals surface area contributed by atoms with Crippen molar-refractivity contribution in [3.8, 4) is 11.5 Å². The summed E-state index contributed by atoms with van der Waals surface area (Å²) in [6, 6.07) is 20.8. The van der Waals surface area contributed by atoms with Crippen LogP contribution in [-0.4, -0.2) is 78.9 Å². The Bertz CT molecular complexity index is 1730. The van der Waals surface area contributed by atoms with Gasteiger partial charge in [0.25, 0.3) is 0 Å². The zero-order chi connectivity index (χ0) is 35.2. The summed E-state index contributed by atoms with van der Waals surface area (Å²) in [5, 5.41) is 0.